The quantitative estimate of drug-likeness (QED) is 0.545. The SMILES string of the molecule is CCCCCCCCC(=O)N1CCSC1c1cc(OC)ccc1OC. The molecule has 0 radical (unpaired) electrons. The van der Waals surface area contributed by atoms with Gasteiger partial charge in [-0.25, -0.2) is 0 Å². The fourth-order valence-corrected chi connectivity index (χ4v) is 4.51. The van der Waals surface area contributed by atoms with Gasteiger partial charge in [0.25, 0.3) is 0 Å². The first-order valence-corrected chi connectivity index (χ1v) is 10.4. The summed E-state index contributed by atoms with van der Waals surface area (Å²) < 4.78 is 10.9. The number of carbonyl (C=O) groups excluding carboxylic acids is 1. The standard InChI is InChI=1S/C20H31NO3S/c1-4-5-6-7-8-9-10-19(22)21-13-14-25-20(21)17-15-16(23-2)11-12-18(17)24-3/h11-12,15,20H,4-10,13-14H2,1-3H3. The van der Waals surface area contributed by atoms with E-state index in [1.54, 1.807) is 26.0 Å². The molecule has 1 saturated heterocycles. The third-order valence-corrected chi connectivity index (χ3v) is 5.90. The molecule has 0 saturated carbocycles. The Kier molecular flexibility index (Phi) is 8.45. The molecule has 25 heavy (non-hydrogen) atoms. The first kappa shape index (κ1) is 20.0. The zero-order valence-electron chi connectivity index (χ0n) is 15.8. The van der Waals surface area contributed by atoms with E-state index in [1.165, 1.54) is 25.7 Å². The predicted molar refractivity (Wildman–Crippen MR) is 104 cm³/mol. The van der Waals surface area contributed by atoms with Crippen molar-refractivity contribution in [3.8, 4) is 11.5 Å². The maximum Gasteiger partial charge on any atom is 0.223 e. The van der Waals surface area contributed by atoms with Crippen molar-refractivity contribution >= 4 is 17.7 Å². The molecule has 1 aliphatic rings. The van der Waals surface area contributed by atoms with E-state index in [0.29, 0.717) is 6.42 Å². The molecule has 5 heteroatoms. The van der Waals surface area contributed by atoms with E-state index in [1.807, 2.05) is 23.1 Å². The maximum absolute atomic E-state index is 12.7. The number of rotatable bonds is 10. The molecule has 0 aromatic heterocycles. The highest BCUT2D eigenvalue weighted by atomic mass is 32.2. The molecular formula is C20H31NO3S. The smallest absolute Gasteiger partial charge is 0.223 e. The maximum atomic E-state index is 12.7. The second-order valence-electron chi connectivity index (χ2n) is 6.44. The van der Waals surface area contributed by atoms with Crippen LogP contribution in [-0.2, 0) is 4.79 Å². The number of thioether (sulfide) groups is 1. The molecule has 140 valence electrons. The van der Waals surface area contributed by atoms with Crippen LogP contribution in [0.25, 0.3) is 0 Å². The van der Waals surface area contributed by atoms with Gasteiger partial charge < -0.3 is 14.4 Å². The number of ether oxygens (including phenoxy) is 2. The van der Waals surface area contributed by atoms with E-state index in [4.69, 9.17) is 9.47 Å². The van der Waals surface area contributed by atoms with Crippen molar-refractivity contribution in [1.82, 2.24) is 4.90 Å². The Bertz CT molecular complexity index is 550. The van der Waals surface area contributed by atoms with Crippen LogP contribution >= 0.6 is 11.8 Å². The van der Waals surface area contributed by atoms with Crippen molar-refractivity contribution in [3.05, 3.63) is 23.8 Å². The van der Waals surface area contributed by atoms with E-state index in [2.05, 4.69) is 6.92 Å². The molecule has 1 atom stereocenters. The van der Waals surface area contributed by atoms with Crippen LogP contribution in [0.2, 0.25) is 0 Å². The number of hydrogen-bond acceptors (Lipinski definition) is 4. The Balaban J connectivity index is 1.96. The molecule has 1 aromatic carbocycles. The number of benzene rings is 1. The summed E-state index contributed by atoms with van der Waals surface area (Å²) in [4.78, 5) is 14.7. The van der Waals surface area contributed by atoms with Crippen molar-refractivity contribution < 1.29 is 14.3 Å². The van der Waals surface area contributed by atoms with Gasteiger partial charge in [0.15, 0.2) is 0 Å². The van der Waals surface area contributed by atoms with Gasteiger partial charge in [0.1, 0.15) is 16.9 Å². The summed E-state index contributed by atoms with van der Waals surface area (Å²) in [5, 5.41) is 0.0256. The van der Waals surface area contributed by atoms with Crippen molar-refractivity contribution in [1.29, 1.82) is 0 Å². The van der Waals surface area contributed by atoms with Gasteiger partial charge in [-0.15, -0.1) is 11.8 Å². The molecule has 1 heterocycles. The Morgan fingerprint density at radius 1 is 1.16 bits per heavy atom. The summed E-state index contributed by atoms with van der Waals surface area (Å²) in [6.45, 7) is 3.03. The fourth-order valence-electron chi connectivity index (χ4n) is 3.22. The zero-order valence-corrected chi connectivity index (χ0v) is 16.6. The largest absolute Gasteiger partial charge is 0.497 e. The first-order valence-electron chi connectivity index (χ1n) is 9.34. The number of unbranched alkanes of at least 4 members (excludes halogenated alkanes) is 5. The van der Waals surface area contributed by atoms with Crippen LogP contribution in [0.3, 0.4) is 0 Å². The normalized spacial score (nSPS) is 16.9. The summed E-state index contributed by atoms with van der Waals surface area (Å²) in [7, 11) is 3.34. The van der Waals surface area contributed by atoms with Gasteiger partial charge in [0.2, 0.25) is 5.91 Å². The molecule has 1 unspecified atom stereocenters. The summed E-state index contributed by atoms with van der Waals surface area (Å²) in [5.41, 5.74) is 1.03. The van der Waals surface area contributed by atoms with Crippen LogP contribution in [0.4, 0.5) is 0 Å². The number of methoxy groups -OCH3 is 2. The molecule has 0 aliphatic carbocycles. The van der Waals surface area contributed by atoms with Crippen LogP contribution in [0.5, 0.6) is 11.5 Å². The summed E-state index contributed by atoms with van der Waals surface area (Å²) in [6.07, 6.45) is 7.88. The molecule has 0 bridgehead atoms. The average Bonchev–Trinajstić information content (AvgIpc) is 3.13. The third-order valence-electron chi connectivity index (χ3n) is 4.66. The summed E-state index contributed by atoms with van der Waals surface area (Å²) in [6, 6.07) is 5.81. The highest BCUT2D eigenvalue weighted by molar-refractivity contribution is 7.99. The Morgan fingerprint density at radius 2 is 1.92 bits per heavy atom. The van der Waals surface area contributed by atoms with Gasteiger partial charge in [-0.05, 0) is 24.6 Å². The van der Waals surface area contributed by atoms with Gasteiger partial charge in [-0.1, -0.05) is 39.0 Å². The number of nitrogens with zero attached hydrogens (tertiary/aromatic N) is 1. The van der Waals surface area contributed by atoms with E-state index in [-0.39, 0.29) is 11.3 Å². The third kappa shape index (κ3) is 5.56. The van der Waals surface area contributed by atoms with E-state index in [9.17, 15) is 4.79 Å². The molecule has 0 N–H and O–H groups in total. The number of carbonyl (C=O) groups is 1. The molecular weight excluding hydrogens is 334 g/mol. The Hall–Kier alpha value is -1.36. The van der Waals surface area contributed by atoms with Gasteiger partial charge in [0.05, 0.1) is 14.2 Å². The summed E-state index contributed by atoms with van der Waals surface area (Å²) in [5.74, 6) is 2.84. The minimum absolute atomic E-state index is 0.0256. The molecule has 4 nitrogen and oxygen atoms in total. The van der Waals surface area contributed by atoms with Crippen molar-refractivity contribution in [3.63, 3.8) is 0 Å². The van der Waals surface area contributed by atoms with E-state index in [0.717, 1.165) is 42.2 Å². The van der Waals surface area contributed by atoms with Gasteiger partial charge in [0, 0.05) is 24.3 Å². The monoisotopic (exact) mass is 365 g/mol. The van der Waals surface area contributed by atoms with Crippen LogP contribution in [0.1, 0.15) is 62.8 Å². The van der Waals surface area contributed by atoms with Crippen molar-refractivity contribution in [2.24, 2.45) is 0 Å². The lowest BCUT2D eigenvalue weighted by Crippen LogP contribution is -2.30. The van der Waals surface area contributed by atoms with Crippen LogP contribution in [0, 0.1) is 0 Å². The van der Waals surface area contributed by atoms with E-state index >= 15 is 0 Å². The molecule has 1 aromatic rings. The minimum atomic E-state index is 0.0256. The van der Waals surface area contributed by atoms with Crippen LogP contribution < -0.4 is 9.47 Å². The van der Waals surface area contributed by atoms with Crippen molar-refractivity contribution in [2.45, 2.75) is 57.2 Å². The lowest BCUT2D eigenvalue weighted by Gasteiger charge is -2.26. The van der Waals surface area contributed by atoms with Gasteiger partial charge >= 0.3 is 0 Å². The lowest BCUT2D eigenvalue weighted by atomic mass is 10.1. The van der Waals surface area contributed by atoms with E-state index < -0.39 is 0 Å². The molecule has 1 aliphatic heterocycles. The molecule has 1 fully saturated rings. The van der Waals surface area contributed by atoms with Gasteiger partial charge in [-0.3, -0.25) is 4.79 Å². The first-order chi connectivity index (χ1) is 12.2. The highest BCUT2D eigenvalue weighted by Gasteiger charge is 2.32. The topological polar surface area (TPSA) is 38.8 Å². The Labute approximate surface area is 156 Å². The second kappa shape index (κ2) is 10.6. The number of hydrogen-bond donors (Lipinski definition) is 0. The molecule has 0 spiro atoms. The Morgan fingerprint density at radius 3 is 2.64 bits per heavy atom. The fraction of sp³-hybridized carbons (Fsp3) is 0.650. The van der Waals surface area contributed by atoms with Crippen LogP contribution in [-0.4, -0.2) is 37.3 Å². The number of amides is 1. The van der Waals surface area contributed by atoms with Gasteiger partial charge in [-0.2, -0.15) is 0 Å². The lowest BCUT2D eigenvalue weighted by molar-refractivity contribution is -0.131. The average molecular weight is 366 g/mol. The minimum Gasteiger partial charge on any atom is -0.497 e. The second-order valence-corrected chi connectivity index (χ2v) is 7.62. The zero-order chi connectivity index (χ0) is 18.1. The van der Waals surface area contributed by atoms with Crippen molar-refractivity contribution in [2.75, 3.05) is 26.5 Å². The molecule has 1 amide bonds. The molecule has 2 rings (SSSR count). The van der Waals surface area contributed by atoms with Crippen LogP contribution in [0.15, 0.2) is 18.2 Å². The predicted octanol–water partition coefficient (Wildman–Crippen LogP) is 5.03. The highest BCUT2D eigenvalue weighted by Crippen LogP contribution is 2.43. The summed E-state index contributed by atoms with van der Waals surface area (Å²) >= 11 is 1.80.